The summed E-state index contributed by atoms with van der Waals surface area (Å²) >= 11 is 0. The van der Waals surface area contributed by atoms with Crippen molar-refractivity contribution in [3.63, 3.8) is 0 Å². The van der Waals surface area contributed by atoms with Crippen molar-refractivity contribution in [3.05, 3.63) is 65.7 Å². The Kier molecular flexibility index (Phi) is 5.89. The van der Waals surface area contributed by atoms with E-state index < -0.39 is 23.2 Å². The quantitative estimate of drug-likeness (QED) is 0.257. The minimum Gasteiger partial charge on any atom is -0.430 e. The van der Waals surface area contributed by atoms with E-state index in [1.54, 1.807) is 58.0 Å². The standard InChI is InChI=1S/C25H24N4O5/c1-5-20(34-24(32)25(2,3)4)21-15-11-10-14(12-19(15)29(33)23(21)31)27-22(30)18-13-26-16-8-6-7-9-17(16)28-18/h6-13,33H,5H2,1-4H3,(H,27,30)/b21-20-. The Bertz CT molecular complexity index is 1360. The number of allylic oxidation sites excluding steroid dienone is 1. The molecule has 0 saturated carbocycles. The number of benzene rings is 2. The maximum absolute atomic E-state index is 12.8. The molecule has 2 N–H and O–H groups in total. The van der Waals surface area contributed by atoms with E-state index in [0.717, 1.165) is 0 Å². The molecule has 34 heavy (non-hydrogen) atoms. The number of fused-ring (bicyclic) bond motifs is 2. The summed E-state index contributed by atoms with van der Waals surface area (Å²) in [7, 11) is 0. The molecule has 1 aliphatic rings. The van der Waals surface area contributed by atoms with Crippen molar-refractivity contribution in [2.45, 2.75) is 34.1 Å². The zero-order valence-corrected chi connectivity index (χ0v) is 19.2. The molecule has 9 nitrogen and oxygen atoms in total. The van der Waals surface area contributed by atoms with E-state index in [9.17, 15) is 19.6 Å². The van der Waals surface area contributed by atoms with Crippen LogP contribution in [0.1, 0.15) is 50.2 Å². The molecule has 0 atom stereocenters. The molecule has 2 aromatic carbocycles. The number of para-hydroxylation sites is 2. The van der Waals surface area contributed by atoms with Crippen molar-refractivity contribution in [1.82, 2.24) is 9.97 Å². The van der Waals surface area contributed by atoms with Crippen molar-refractivity contribution in [2.75, 3.05) is 10.4 Å². The number of carbonyl (C=O) groups is 3. The predicted octanol–water partition coefficient (Wildman–Crippen LogP) is 4.33. The number of anilines is 2. The second-order valence-corrected chi connectivity index (χ2v) is 8.84. The summed E-state index contributed by atoms with van der Waals surface area (Å²) in [4.78, 5) is 46.4. The number of amides is 2. The largest absolute Gasteiger partial charge is 0.430 e. The molecule has 0 bridgehead atoms. The van der Waals surface area contributed by atoms with Gasteiger partial charge in [-0.15, -0.1) is 0 Å². The fraction of sp³-hybridized carbons (Fsp3) is 0.240. The monoisotopic (exact) mass is 460 g/mol. The van der Waals surface area contributed by atoms with Crippen molar-refractivity contribution < 1.29 is 24.3 Å². The molecule has 3 aromatic rings. The van der Waals surface area contributed by atoms with Crippen LogP contribution in [-0.4, -0.2) is 33.0 Å². The highest BCUT2D eigenvalue weighted by atomic mass is 16.5. The molecule has 0 aliphatic carbocycles. The van der Waals surface area contributed by atoms with Gasteiger partial charge in [0.2, 0.25) is 0 Å². The van der Waals surface area contributed by atoms with Gasteiger partial charge in [-0.25, -0.2) is 4.98 Å². The van der Waals surface area contributed by atoms with E-state index in [0.29, 0.717) is 27.3 Å². The highest BCUT2D eigenvalue weighted by molar-refractivity contribution is 6.32. The lowest BCUT2D eigenvalue weighted by molar-refractivity contribution is -0.148. The summed E-state index contributed by atoms with van der Waals surface area (Å²) in [6, 6.07) is 11.8. The number of hydroxylamine groups is 1. The maximum atomic E-state index is 12.8. The molecule has 174 valence electrons. The fourth-order valence-electron chi connectivity index (χ4n) is 3.42. The Hall–Kier alpha value is -4.11. The summed E-state index contributed by atoms with van der Waals surface area (Å²) in [6.07, 6.45) is 1.65. The van der Waals surface area contributed by atoms with Crippen LogP contribution in [0, 0.1) is 5.41 Å². The van der Waals surface area contributed by atoms with Crippen LogP contribution in [0.15, 0.2) is 54.4 Å². The summed E-state index contributed by atoms with van der Waals surface area (Å²) in [6.45, 7) is 6.89. The molecule has 0 fully saturated rings. The van der Waals surface area contributed by atoms with E-state index in [-0.39, 0.29) is 29.1 Å². The fourth-order valence-corrected chi connectivity index (χ4v) is 3.42. The Morgan fingerprint density at radius 1 is 1.12 bits per heavy atom. The number of aromatic nitrogens is 2. The molecule has 1 aliphatic heterocycles. The zero-order valence-electron chi connectivity index (χ0n) is 19.2. The lowest BCUT2D eigenvalue weighted by atomic mass is 9.97. The number of rotatable bonds is 4. The van der Waals surface area contributed by atoms with Crippen LogP contribution < -0.4 is 10.4 Å². The molecule has 4 rings (SSSR count). The van der Waals surface area contributed by atoms with Crippen molar-refractivity contribution in [3.8, 4) is 0 Å². The average Bonchev–Trinajstić information content (AvgIpc) is 3.06. The third-order valence-electron chi connectivity index (χ3n) is 5.27. The van der Waals surface area contributed by atoms with E-state index in [1.807, 2.05) is 6.07 Å². The summed E-state index contributed by atoms with van der Waals surface area (Å²) < 4.78 is 5.51. The summed E-state index contributed by atoms with van der Waals surface area (Å²) in [5.74, 6) is -1.51. The van der Waals surface area contributed by atoms with Gasteiger partial charge >= 0.3 is 5.97 Å². The third kappa shape index (κ3) is 4.25. The highest BCUT2D eigenvalue weighted by Crippen LogP contribution is 2.40. The third-order valence-corrected chi connectivity index (χ3v) is 5.27. The molecular weight excluding hydrogens is 436 g/mol. The first-order valence-electron chi connectivity index (χ1n) is 10.8. The number of ether oxygens (including phenoxy) is 1. The van der Waals surface area contributed by atoms with Crippen molar-refractivity contribution in [2.24, 2.45) is 5.41 Å². The van der Waals surface area contributed by atoms with E-state index in [2.05, 4.69) is 15.3 Å². The molecular formula is C25H24N4O5. The first kappa shape index (κ1) is 23.1. The second-order valence-electron chi connectivity index (χ2n) is 8.84. The Morgan fingerprint density at radius 3 is 2.50 bits per heavy atom. The number of hydrogen-bond acceptors (Lipinski definition) is 7. The van der Waals surface area contributed by atoms with Gasteiger partial charge in [0.05, 0.1) is 33.9 Å². The van der Waals surface area contributed by atoms with Crippen molar-refractivity contribution in [1.29, 1.82) is 0 Å². The van der Waals surface area contributed by atoms with Gasteiger partial charge in [-0.1, -0.05) is 19.1 Å². The van der Waals surface area contributed by atoms with Gasteiger partial charge in [0.25, 0.3) is 11.8 Å². The number of carbonyl (C=O) groups excluding carboxylic acids is 3. The molecule has 0 radical (unpaired) electrons. The van der Waals surface area contributed by atoms with Crippen LogP contribution in [-0.2, 0) is 14.3 Å². The summed E-state index contributed by atoms with van der Waals surface area (Å²) in [5.41, 5.74) is 1.64. The minimum atomic E-state index is -0.760. The molecule has 0 spiro atoms. The van der Waals surface area contributed by atoms with E-state index >= 15 is 0 Å². The Balaban J connectivity index is 1.64. The number of nitrogens with one attached hydrogen (secondary N) is 1. The Labute approximate surface area is 196 Å². The first-order valence-corrected chi connectivity index (χ1v) is 10.8. The normalized spacial score (nSPS) is 14.7. The SMILES string of the molecule is CC/C(OC(=O)C(C)(C)C)=C1/C(=O)N(O)c2cc(NC(=O)c3cnc4ccccc4n3)ccc21. The summed E-state index contributed by atoms with van der Waals surface area (Å²) in [5, 5.41) is 13.6. The van der Waals surface area contributed by atoms with Crippen LogP contribution in [0.2, 0.25) is 0 Å². The van der Waals surface area contributed by atoms with Crippen LogP contribution in [0.4, 0.5) is 11.4 Å². The van der Waals surface area contributed by atoms with Crippen LogP contribution in [0.25, 0.3) is 16.6 Å². The zero-order chi connectivity index (χ0) is 24.6. The first-order chi connectivity index (χ1) is 16.1. The van der Waals surface area contributed by atoms with Gasteiger partial charge in [-0.2, -0.15) is 5.06 Å². The molecule has 9 heteroatoms. The topological polar surface area (TPSA) is 122 Å². The van der Waals surface area contributed by atoms with E-state index in [1.165, 1.54) is 12.3 Å². The number of esters is 1. The number of hydrogen-bond donors (Lipinski definition) is 2. The van der Waals surface area contributed by atoms with Gasteiger partial charge < -0.3 is 10.1 Å². The number of nitrogens with zero attached hydrogens (tertiary/aromatic N) is 3. The van der Waals surface area contributed by atoms with Gasteiger partial charge in [-0.05, 0) is 51.1 Å². The molecule has 0 saturated heterocycles. The predicted molar refractivity (Wildman–Crippen MR) is 126 cm³/mol. The molecule has 2 heterocycles. The average molecular weight is 460 g/mol. The Morgan fingerprint density at radius 2 is 1.82 bits per heavy atom. The molecule has 2 amide bonds. The molecule has 1 aromatic heterocycles. The van der Waals surface area contributed by atoms with E-state index in [4.69, 9.17) is 4.74 Å². The molecule has 0 unspecified atom stereocenters. The maximum Gasteiger partial charge on any atom is 0.316 e. The second kappa shape index (κ2) is 8.68. The van der Waals surface area contributed by atoms with Gasteiger partial charge in [-0.3, -0.25) is 24.6 Å². The van der Waals surface area contributed by atoms with Crippen LogP contribution >= 0.6 is 0 Å². The minimum absolute atomic E-state index is 0.107. The van der Waals surface area contributed by atoms with Gasteiger partial charge in [0, 0.05) is 17.7 Å². The lowest BCUT2D eigenvalue weighted by Gasteiger charge is -2.18. The van der Waals surface area contributed by atoms with Crippen LogP contribution in [0.3, 0.4) is 0 Å². The lowest BCUT2D eigenvalue weighted by Crippen LogP contribution is -2.25. The highest BCUT2D eigenvalue weighted by Gasteiger charge is 2.36. The van der Waals surface area contributed by atoms with Crippen LogP contribution in [0.5, 0.6) is 0 Å². The van der Waals surface area contributed by atoms with Gasteiger partial charge in [0.1, 0.15) is 11.5 Å². The van der Waals surface area contributed by atoms with Crippen molar-refractivity contribution >= 4 is 45.8 Å². The van der Waals surface area contributed by atoms with Gasteiger partial charge in [0.15, 0.2) is 0 Å². The smallest absolute Gasteiger partial charge is 0.316 e.